The zero-order valence-corrected chi connectivity index (χ0v) is 14.1. The number of hydrogen-bond donors (Lipinski definition) is 3. The van der Waals surface area contributed by atoms with Gasteiger partial charge in [0.1, 0.15) is 4.88 Å². The van der Waals surface area contributed by atoms with Crippen molar-refractivity contribution in [3.8, 4) is 0 Å². The lowest BCUT2D eigenvalue weighted by Gasteiger charge is -2.04. The molecule has 0 saturated carbocycles. The van der Waals surface area contributed by atoms with Crippen LogP contribution in [-0.2, 0) is 0 Å². The lowest BCUT2D eigenvalue weighted by Crippen LogP contribution is -2.24. The number of unbranched alkanes of at least 4 members (excludes halogenated alkanes) is 3. The molecule has 1 heterocycles. The van der Waals surface area contributed by atoms with Crippen molar-refractivity contribution in [1.29, 1.82) is 0 Å². The number of rotatable bonds is 7. The second kappa shape index (κ2) is 7.77. The van der Waals surface area contributed by atoms with Gasteiger partial charge in [0, 0.05) is 27.7 Å². The van der Waals surface area contributed by atoms with E-state index in [1.807, 2.05) is 18.2 Å². The Morgan fingerprint density at radius 1 is 1.29 bits per heavy atom. The Morgan fingerprint density at radius 3 is 2.76 bits per heavy atom. The van der Waals surface area contributed by atoms with Gasteiger partial charge in [-0.15, -0.1) is 11.3 Å². The van der Waals surface area contributed by atoms with E-state index in [0.29, 0.717) is 17.1 Å². The van der Waals surface area contributed by atoms with Gasteiger partial charge in [-0.05, 0) is 25.0 Å². The van der Waals surface area contributed by atoms with E-state index in [0.717, 1.165) is 40.2 Å². The number of anilines is 1. The molecule has 0 aliphatic heterocycles. The molecule has 1 aromatic heterocycles. The van der Waals surface area contributed by atoms with Gasteiger partial charge in [-0.3, -0.25) is 4.79 Å². The molecule has 4 N–H and O–H groups in total. The zero-order chi connectivity index (χ0) is 15.2. The summed E-state index contributed by atoms with van der Waals surface area (Å²) < 4.78 is 1.92. The van der Waals surface area contributed by atoms with Crippen LogP contribution in [-0.4, -0.2) is 24.2 Å². The average Bonchev–Trinajstić information content (AvgIpc) is 2.81. The Labute approximate surface area is 136 Å². The maximum Gasteiger partial charge on any atom is 0.263 e. The Morgan fingerprint density at radius 2 is 2.05 bits per heavy atom. The van der Waals surface area contributed by atoms with Gasteiger partial charge in [0.25, 0.3) is 5.91 Å². The number of carbonyl (C=O) groups excluding carboxylic acids is 1. The van der Waals surface area contributed by atoms with Crippen LogP contribution in [0, 0.1) is 0 Å². The first kappa shape index (κ1) is 16.3. The lowest BCUT2D eigenvalue weighted by molar-refractivity contribution is 0.0957. The fraction of sp³-hybridized carbons (Fsp3) is 0.400. The van der Waals surface area contributed by atoms with Gasteiger partial charge in [-0.1, -0.05) is 34.8 Å². The number of nitrogens with two attached hydrogens (primary N) is 1. The summed E-state index contributed by atoms with van der Waals surface area (Å²) in [5.41, 5.74) is 6.64. The quantitative estimate of drug-likeness (QED) is 0.652. The van der Waals surface area contributed by atoms with Crippen LogP contribution in [0.15, 0.2) is 22.7 Å². The maximum atomic E-state index is 12.2. The first-order chi connectivity index (χ1) is 10.1. The third kappa shape index (κ3) is 3.96. The standard InChI is InChI=1S/C15H19BrN2O2S/c16-10-6-5-7-11-12(10)13(17)14(21-11)15(20)18-8-3-1-2-4-9-19/h5-7,19H,1-4,8-9,17H2,(H,18,20). The third-order valence-electron chi connectivity index (χ3n) is 3.28. The van der Waals surface area contributed by atoms with Gasteiger partial charge in [0.15, 0.2) is 0 Å². The molecule has 2 rings (SSSR count). The van der Waals surface area contributed by atoms with E-state index < -0.39 is 0 Å². The zero-order valence-electron chi connectivity index (χ0n) is 11.7. The van der Waals surface area contributed by atoms with Crippen molar-refractivity contribution < 1.29 is 9.90 Å². The predicted octanol–water partition coefficient (Wildman–Crippen LogP) is 3.53. The molecule has 0 bridgehead atoms. The fourth-order valence-electron chi connectivity index (χ4n) is 2.17. The van der Waals surface area contributed by atoms with Gasteiger partial charge in [-0.2, -0.15) is 0 Å². The van der Waals surface area contributed by atoms with Crippen molar-refractivity contribution in [2.24, 2.45) is 0 Å². The molecular weight excluding hydrogens is 352 g/mol. The summed E-state index contributed by atoms with van der Waals surface area (Å²) in [6.07, 6.45) is 3.74. The number of fused-ring (bicyclic) bond motifs is 1. The Bertz CT molecular complexity index is 627. The molecular formula is C15H19BrN2O2S. The molecule has 0 saturated heterocycles. The van der Waals surface area contributed by atoms with Crippen LogP contribution in [0.4, 0.5) is 5.69 Å². The second-order valence-electron chi connectivity index (χ2n) is 4.85. The van der Waals surface area contributed by atoms with Crippen LogP contribution in [0.1, 0.15) is 35.4 Å². The highest BCUT2D eigenvalue weighted by molar-refractivity contribution is 9.10. The monoisotopic (exact) mass is 370 g/mol. The van der Waals surface area contributed by atoms with Crippen molar-refractivity contribution >= 4 is 48.9 Å². The highest BCUT2D eigenvalue weighted by Crippen LogP contribution is 2.37. The molecule has 0 unspecified atom stereocenters. The lowest BCUT2D eigenvalue weighted by atomic mass is 10.2. The van der Waals surface area contributed by atoms with Crippen molar-refractivity contribution in [2.45, 2.75) is 25.7 Å². The van der Waals surface area contributed by atoms with E-state index in [4.69, 9.17) is 10.8 Å². The topological polar surface area (TPSA) is 75.4 Å². The number of aliphatic hydroxyl groups is 1. The summed E-state index contributed by atoms with van der Waals surface area (Å²) in [5, 5.41) is 12.5. The van der Waals surface area contributed by atoms with E-state index in [1.165, 1.54) is 11.3 Å². The number of carbonyl (C=O) groups is 1. The number of hydrogen-bond acceptors (Lipinski definition) is 4. The van der Waals surface area contributed by atoms with Gasteiger partial charge >= 0.3 is 0 Å². The normalized spacial score (nSPS) is 11.0. The molecule has 0 fully saturated rings. The number of aliphatic hydroxyl groups excluding tert-OH is 1. The van der Waals surface area contributed by atoms with Crippen molar-refractivity contribution in [2.75, 3.05) is 18.9 Å². The molecule has 2 aromatic rings. The molecule has 0 aliphatic carbocycles. The number of amides is 1. The molecule has 4 nitrogen and oxygen atoms in total. The summed E-state index contributed by atoms with van der Waals surface area (Å²) in [4.78, 5) is 12.8. The minimum Gasteiger partial charge on any atom is -0.397 e. The molecule has 6 heteroatoms. The van der Waals surface area contributed by atoms with Crippen LogP contribution < -0.4 is 11.1 Å². The minimum absolute atomic E-state index is 0.109. The van der Waals surface area contributed by atoms with Gasteiger partial charge in [0.05, 0.1) is 5.69 Å². The Balaban J connectivity index is 1.97. The predicted molar refractivity (Wildman–Crippen MR) is 91.8 cm³/mol. The Kier molecular flexibility index (Phi) is 6.02. The van der Waals surface area contributed by atoms with E-state index in [-0.39, 0.29) is 12.5 Å². The summed E-state index contributed by atoms with van der Waals surface area (Å²) >= 11 is 4.89. The average molecular weight is 371 g/mol. The maximum absolute atomic E-state index is 12.2. The summed E-state index contributed by atoms with van der Waals surface area (Å²) in [5.74, 6) is -0.109. The molecule has 0 radical (unpaired) electrons. The number of halogens is 1. The summed E-state index contributed by atoms with van der Waals surface area (Å²) in [7, 11) is 0. The number of nitrogens with one attached hydrogen (secondary N) is 1. The second-order valence-corrected chi connectivity index (χ2v) is 6.76. The highest BCUT2D eigenvalue weighted by Gasteiger charge is 2.17. The summed E-state index contributed by atoms with van der Waals surface area (Å²) in [6.45, 7) is 0.874. The SMILES string of the molecule is Nc1c(C(=O)NCCCCCCO)sc2cccc(Br)c12. The molecule has 114 valence electrons. The molecule has 1 amide bonds. The van der Waals surface area contributed by atoms with Crippen LogP contribution in [0.5, 0.6) is 0 Å². The molecule has 1 aromatic carbocycles. The van der Waals surface area contributed by atoms with Crippen molar-refractivity contribution in [3.63, 3.8) is 0 Å². The molecule has 0 spiro atoms. The fourth-order valence-corrected chi connectivity index (χ4v) is 3.95. The molecule has 0 atom stereocenters. The van der Waals surface area contributed by atoms with Gasteiger partial charge in [-0.25, -0.2) is 0 Å². The molecule has 21 heavy (non-hydrogen) atoms. The summed E-state index contributed by atoms with van der Waals surface area (Å²) in [6, 6.07) is 5.83. The number of nitrogen functional groups attached to an aromatic ring is 1. The van der Waals surface area contributed by atoms with E-state index >= 15 is 0 Å². The number of thiophene rings is 1. The number of benzene rings is 1. The largest absolute Gasteiger partial charge is 0.397 e. The minimum atomic E-state index is -0.109. The van der Waals surface area contributed by atoms with E-state index in [2.05, 4.69) is 21.2 Å². The Hall–Kier alpha value is -1.11. The van der Waals surface area contributed by atoms with Crippen molar-refractivity contribution in [1.82, 2.24) is 5.32 Å². The van der Waals surface area contributed by atoms with Crippen molar-refractivity contribution in [3.05, 3.63) is 27.5 Å². The first-order valence-electron chi connectivity index (χ1n) is 7.00. The van der Waals surface area contributed by atoms with Crippen LogP contribution in [0.25, 0.3) is 10.1 Å². The van der Waals surface area contributed by atoms with Gasteiger partial charge in [0.2, 0.25) is 0 Å². The first-order valence-corrected chi connectivity index (χ1v) is 8.61. The molecule has 0 aliphatic rings. The van der Waals surface area contributed by atoms with Crippen LogP contribution in [0.3, 0.4) is 0 Å². The van der Waals surface area contributed by atoms with Gasteiger partial charge < -0.3 is 16.2 Å². The van der Waals surface area contributed by atoms with E-state index in [1.54, 1.807) is 0 Å². The van der Waals surface area contributed by atoms with Crippen LogP contribution in [0.2, 0.25) is 0 Å². The third-order valence-corrected chi connectivity index (χ3v) is 5.11. The van der Waals surface area contributed by atoms with Crippen LogP contribution >= 0.6 is 27.3 Å². The van der Waals surface area contributed by atoms with E-state index in [9.17, 15) is 4.79 Å². The highest BCUT2D eigenvalue weighted by atomic mass is 79.9. The smallest absolute Gasteiger partial charge is 0.263 e.